The molecule has 1 aliphatic heterocycles. The van der Waals surface area contributed by atoms with E-state index >= 15 is 0 Å². The largest absolute Gasteiger partial charge is 0.466 e. The van der Waals surface area contributed by atoms with E-state index in [0.717, 1.165) is 24.8 Å². The minimum absolute atomic E-state index is 0.0576. The lowest BCUT2D eigenvalue weighted by Gasteiger charge is -2.14. The number of rotatable bonds is 3. The molecule has 0 amide bonds. The fraction of sp³-hybridized carbons (Fsp3) is 0.400. The van der Waals surface area contributed by atoms with Gasteiger partial charge < -0.3 is 4.74 Å². The summed E-state index contributed by atoms with van der Waals surface area (Å²) < 4.78 is 5.05. The Morgan fingerprint density at radius 1 is 1.29 bits per heavy atom. The van der Waals surface area contributed by atoms with Gasteiger partial charge in [0.1, 0.15) is 0 Å². The van der Waals surface area contributed by atoms with Gasteiger partial charge in [0.05, 0.1) is 6.61 Å². The third-order valence-corrected chi connectivity index (χ3v) is 3.26. The van der Waals surface area contributed by atoms with Crippen LogP contribution in [-0.4, -0.2) is 12.6 Å². The van der Waals surface area contributed by atoms with Crippen molar-refractivity contribution in [1.82, 2.24) is 0 Å². The highest BCUT2D eigenvalue weighted by Gasteiger charge is 2.18. The van der Waals surface area contributed by atoms with Crippen molar-refractivity contribution in [3.8, 4) is 0 Å². The van der Waals surface area contributed by atoms with Crippen LogP contribution in [0.2, 0.25) is 0 Å². The predicted octanol–water partition coefficient (Wildman–Crippen LogP) is 3.43. The molecule has 1 aromatic carbocycles. The van der Waals surface area contributed by atoms with Crippen LogP contribution in [0.15, 0.2) is 36.9 Å². The molecule has 17 heavy (non-hydrogen) atoms. The van der Waals surface area contributed by atoms with Crippen molar-refractivity contribution >= 4 is 11.5 Å². The monoisotopic (exact) mass is 230 g/mol. The second-order valence-corrected chi connectivity index (χ2v) is 4.59. The lowest BCUT2D eigenvalue weighted by atomic mass is 9.90. The number of cyclic esters (lactones) is 1. The highest BCUT2D eigenvalue weighted by molar-refractivity contribution is 5.69. The van der Waals surface area contributed by atoms with E-state index < -0.39 is 0 Å². The molecule has 0 N–H and O–H groups in total. The Hall–Kier alpha value is -1.57. The van der Waals surface area contributed by atoms with E-state index in [1.807, 2.05) is 18.2 Å². The molecule has 1 aliphatic rings. The van der Waals surface area contributed by atoms with Crippen LogP contribution in [0, 0.1) is 5.92 Å². The van der Waals surface area contributed by atoms with Gasteiger partial charge >= 0.3 is 5.97 Å². The molecule has 2 rings (SSSR count). The maximum Gasteiger partial charge on any atom is 0.305 e. The summed E-state index contributed by atoms with van der Waals surface area (Å²) in [5, 5.41) is 0. The van der Waals surface area contributed by atoms with Crippen molar-refractivity contribution in [1.29, 1.82) is 0 Å². The highest BCUT2D eigenvalue weighted by Crippen LogP contribution is 2.27. The Kier molecular flexibility index (Phi) is 3.97. The summed E-state index contributed by atoms with van der Waals surface area (Å²) in [6, 6.07) is 10.2. The van der Waals surface area contributed by atoms with Gasteiger partial charge in [0.25, 0.3) is 0 Å². The number of carbonyl (C=O) groups is 1. The first-order valence-electron chi connectivity index (χ1n) is 6.14. The average Bonchev–Trinajstić information content (AvgIpc) is 2.56. The summed E-state index contributed by atoms with van der Waals surface area (Å²) >= 11 is 0. The molecule has 1 aromatic rings. The van der Waals surface area contributed by atoms with Gasteiger partial charge in [0.2, 0.25) is 0 Å². The summed E-state index contributed by atoms with van der Waals surface area (Å²) in [6.45, 7) is 4.70. The third-order valence-electron chi connectivity index (χ3n) is 3.26. The topological polar surface area (TPSA) is 26.3 Å². The van der Waals surface area contributed by atoms with Crippen LogP contribution < -0.4 is 0 Å². The van der Waals surface area contributed by atoms with Crippen LogP contribution in [0.4, 0.5) is 0 Å². The molecule has 90 valence electrons. The Bertz CT molecular complexity index is 395. The second-order valence-electron chi connectivity index (χ2n) is 4.59. The second kappa shape index (κ2) is 5.67. The molecule has 0 aromatic heterocycles. The van der Waals surface area contributed by atoms with E-state index in [9.17, 15) is 4.79 Å². The third kappa shape index (κ3) is 3.45. The first kappa shape index (κ1) is 11.9. The number of ether oxygens (including phenoxy) is 1. The molecule has 2 heteroatoms. The first-order chi connectivity index (χ1) is 8.25. The first-order valence-corrected chi connectivity index (χ1v) is 6.14. The molecule has 1 atom stereocenters. The van der Waals surface area contributed by atoms with E-state index in [2.05, 4.69) is 18.7 Å². The minimum Gasteiger partial charge on any atom is -0.466 e. The minimum atomic E-state index is -0.0576. The zero-order chi connectivity index (χ0) is 12.1. The Balaban J connectivity index is 1.92. The van der Waals surface area contributed by atoms with Crippen molar-refractivity contribution in [3.05, 3.63) is 42.5 Å². The zero-order valence-electron chi connectivity index (χ0n) is 10.0. The molecule has 2 nitrogen and oxygen atoms in total. The maximum absolute atomic E-state index is 11.1. The van der Waals surface area contributed by atoms with Gasteiger partial charge in [-0.2, -0.15) is 0 Å². The Morgan fingerprint density at radius 2 is 2.06 bits per heavy atom. The summed E-state index contributed by atoms with van der Waals surface area (Å²) in [5.41, 5.74) is 2.36. The quantitative estimate of drug-likeness (QED) is 0.743. The van der Waals surface area contributed by atoms with Gasteiger partial charge in [-0.1, -0.05) is 36.9 Å². The summed E-state index contributed by atoms with van der Waals surface area (Å²) in [4.78, 5) is 11.1. The van der Waals surface area contributed by atoms with Crippen LogP contribution in [0.1, 0.15) is 31.2 Å². The molecular weight excluding hydrogens is 212 g/mol. The number of esters is 1. The van der Waals surface area contributed by atoms with Crippen LogP contribution >= 0.6 is 0 Å². The lowest BCUT2D eigenvalue weighted by molar-refractivity contribution is -0.142. The van der Waals surface area contributed by atoms with Crippen molar-refractivity contribution < 1.29 is 9.53 Å². The van der Waals surface area contributed by atoms with Crippen LogP contribution in [0.5, 0.6) is 0 Å². The molecule has 0 radical (unpaired) electrons. The fourth-order valence-electron chi connectivity index (χ4n) is 2.22. The Labute approximate surface area is 102 Å². The highest BCUT2D eigenvalue weighted by atomic mass is 16.5. The summed E-state index contributed by atoms with van der Waals surface area (Å²) in [6.07, 6.45) is 3.38. The van der Waals surface area contributed by atoms with E-state index in [1.54, 1.807) is 0 Å². The normalized spacial score (nSPS) is 20.5. The van der Waals surface area contributed by atoms with Gasteiger partial charge in [-0.25, -0.2) is 0 Å². The summed E-state index contributed by atoms with van der Waals surface area (Å²) in [5.74, 6) is 0.465. The molecule has 0 spiro atoms. The maximum atomic E-state index is 11.1. The average molecular weight is 230 g/mol. The van der Waals surface area contributed by atoms with E-state index in [4.69, 9.17) is 4.74 Å². The number of benzene rings is 1. The standard InChI is InChI=1S/C15H18O2/c1-12(14-5-3-2-4-6-14)11-13-7-8-15(16)17-10-9-13/h2-6,13H,1,7-11H2. The molecular formula is C15H18O2. The molecule has 1 heterocycles. The SMILES string of the molecule is C=C(CC1CCOC(=O)CC1)c1ccccc1. The van der Waals surface area contributed by atoms with Gasteiger partial charge in [-0.15, -0.1) is 0 Å². The zero-order valence-corrected chi connectivity index (χ0v) is 10.0. The van der Waals surface area contributed by atoms with Crippen LogP contribution in [0.25, 0.3) is 5.57 Å². The number of carbonyl (C=O) groups excluding carboxylic acids is 1. The summed E-state index contributed by atoms with van der Waals surface area (Å²) in [7, 11) is 0. The van der Waals surface area contributed by atoms with Crippen LogP contribution in [0.3, 0.4) is 0 Å². The van der Waals surface area contributed by atoms with Gasteiger partial charge in [0.15, 0.2) is 0 Å². The molecule has 0 bridgehead atoms. The Morgan fingerprint density at radius 3 is 2.82 bits per heavy atom. The molecule has 0 saturated carbocycles. The molecule has 1 unspecified atom stereocenters. The van der Waals surface area contributed by atoms with Gasteiger partial charge in [-0.3, -0.25) is 4.79 Å². The fourth-order valence-corrected chi connectivity index (χ4v) is 2.22. The van der Waals surface area contributed by atoms with E-state index in [1.165, 1.54) is 5.56 Å². The van der Waals surface area contributed by atoms with Crippen molar-refractivity contribution in [2.24, 2.45) is 5.92 Å². The number of allylic oxidation sites excluding steroid dienone is 1. The molecule has 1 fully saturated rings. The number of hydrogen-bond acceptors (Lipinski definition) is 2. The van der Waals surface area contributed by atoms with Gasteiger partial charge in [-0.05, 0) is 36.3 Å². The molecule has 0 aliphatic carbocycles. The van der Waals surface area contributed by atoms with Crippen molar-refractivity contribution in [2.45, 2.75) is 25.7 Å². The number of hydrogen-bond donors (Lipinski definition) is 0. The van der Waals surface area contributed by atoms with Crippen LogP contribution in [-0.2, 0) is 9.53 Å². The smallest absolute Gasteiger partial charge is 0.305 e. The molecule has 1 saturated heterocycles. The van der Waals surface area contributed by atoms with Crippen molar-refractivity contribution in [2.75, 3.05) is 6.61 Å². The van der Waals surface area contributed by atoms with E-state index in [0.29, 0.717) is 18.9 Å². The lowest BCUT2D eigenvalue weighted by Crippen LogP contribution is -2.02. The van der Waals surface area contributed by atoms with E-state index in [-0.39, 0.29) is 5.97 Å². The predicted molar refractivity (Wildman–Crippen MR) is 68.4 cm³/mol. The van der Waals surface area contributed by atoms with Gasteiger partial charge in [0, 0.05) is 6.42 Å². The van der Waals surface area contributed by atoms with Crippen molar-refractivity contribution in [3.63, 3.8) is 0 Å².